The number of benzene rings is 1. The third kappa shape index (κ3) is 2.65. The van der Waals surface area contributed by atoms with Crippen LogP contribution in [0.2, 0.25) is 0 Å². The van der Waals surface area contributed by atoms with E-state index < -0.39 is 5.91 Å². The van der Waals surface area contributed by atoms with Crippen LogP contribution < -0.4 is 15.8 Å². The van der Waals surface area contributed by atoms with Crippen molar-refractivity contribution in [2.24, 2.45) is 12.8 Å². The fourth-order valence-electron chi connectivity index (χ4n) is 2.59. The van der Waals surface area contributed by atoms with Crippen LogP contribution in [0.15, 0.2) is 30.5 Å². The summed E-state index contributed by atoms with van der Waals surface area (Å²) in [4.78, 5) is 22.6. The molecule has 22 heavy (non-hydrogen) atoms. The first-order valence-electron chi connectivity index (χ1n) is 6.87. The Bertz CT molecular complexity index is 721. The molecule has 0 aliphatic carbocycles. The van der Waals surface area contributed by atoms with E-state index in [-0.39, 0.29) is 18.4 Å². The average molecular weight is 300 g/mol. The van der Waals surface area contributed by atoms with E-state index in [9.17, 15) is 9.59 Å². The lowest BCUT2D eigenvalue weighted by molar-refractivity contribution is -0.120. The number of nitrogens with one attached hydrogen (secondary N) is 1. The van der Waals surface area contributed by atoms with Crippen LogP contribution in [0.25, 0.3) is 0 Å². The van der Waals surface area contributed by atoms with E-state index in [1.807, 2.05) is 12.1 Å². The largest absolute Gasteiger partial charge is 0.484 e. The molecular weight excluding hydrogens is 284 g/mol. The summed E-state index contributed by atoms with van der Waals surface area (Å²) in [6.45, 7) is -0.155. The number of carbonyl (C=O) groups excluding carboxylic acids is 2. The second-order valence-electron chi connectivity index (χ2n) is 5.20. The molecule has 0 radical (unpaired) electrons. The Hall–Kier alpha value is -2.83. The number of fused-ring (bicyclic) bond motifs is 1. The Kier molecular flexibility index (Phi) is 3.54. The second-order valence-corrected chi connectivity index (χ2v) is 5.20. The normalized spacial score (nSPS) is 16.8. The molecule has 1 aromatic carbocycles. The third-order valence-electron chi connectivity index (χ3n) is 3.65. The summed E-state index contributed by atoms with van der Waals surface area (Å²) in [6, 6.07) is 7.30. The molecule has 1 aliphatic rings. The van der Waals surface area contributed by atoms with E-state index in [0.29, 0.717) is 12.2 Å². The molecular formula is C15H16N4O3. The first-order chi connectivity index (χ1) is 10.5. The zero-order valence-electron chi connectivity index (χ0n) is 12.1. The highest BCUT2D eigenvalue weighted by Crippen LogP contribution is 2.37. The minimum Gasteiger partial charge on any atom is -0.484 e. The second kappa shape index (κ2) is 5.51. The molecule has 7 nitrogen and oxygen atoms in total. The summed E-state index contributed by atoms with van der Waals surface area (Å²) in [5.74, 6) is 0.704. The molecule has 3 rings (SSSR count). The molecule has 7 heteroatoms. The highest BCUT2D eigenvalue weighted by molar-refractivity contribution is 5.94. The molecule has 0 fully saturated rings. The van der Waals surface area contributed by atoms with Gasteiger partial charge in [-0.3, -0.25) is 14.3 Å². The highest BCUT2D eigenvalue weighted by atomic mass is 16.5. The first-order valence-corrected chi connectivity index (χ1v) is 6.87. The Labute approximate surface area is 127 Å². The van der Waals surface area contributed by atoms with Crippen LogP contribution in [-0.2, 0) is 16.6 Å². The van der Waals surface area contributed by atoms with Crippen LogP contribution in [0.4, 0.5) is 5.82 Å². The van der Waals surface area contributed by atoms with Gasteiger partial charge in [0.1, 0.15) is 11.6 Å². The van der Waals surface area contributed by atoms with Crippen LogP contribution in [-0.4, -0.2) is 28.2 Å². The Morgan fingerprint density at radius 2 is 2.18 bits per heavy atom. The number of anilines is 1. The minimum absolute atomic E-state index is 0.0323. The van der Waals surface area contributed by atoms with Crippen LogP contribution in [0.5, 0.6) is 5.75 Å². The number of hydrogen-bond donors (Lipinski definition) is 2. The molecule has 2 aromatic rings. The van der Waals surface area contributed by atoms with Gasteiger partial charge < -0.3 is 15.8 Å². The summed E-state index contributed by atoms with van der Waals surface area (Å²) in [6.07, 6.45) is 2.15. The van der Waals surface area contributed by atoms with Crippen molar-refractivity contribution in [2.75, 3.05) is 11.9 Å². The summed E-state index contributed by atoms with van der Waals surface area (Å²) in [5.41, 5.74) is 7.03. The topological polar surface area (TPSA) is 99.2 Å². The van der Waals surface area contributed by atoms with Crippen LogP contribution >= 0.6 is 0 Å². The molecule has 3 N–H and O–H groups in total. The molecule has 2 amide bonds. The lowest BCUT2D eigenvalue weighted by Crippen LogP contribution is -2.24. The van der Waals surface area contributed by atoms with Crippen LogP contribution in [0, 0.1) is 0 Å². The van der Waals surface area contributed by atoms with Gasteiger partial charge in [0.25, 0.3) is 5.91 Å². The first kappa shape index (κ1) is 14.1. The SMILES string of the molecule is Cn1ncc2c1NC(=O)CC2c1ccc(OCC(N)=O)cc1. The van der Waals surface area contributed by atoms with Gasteiger partial charge in [0.2, 0.25) is 5.91 Å². The van der Waals surface area contributed by atoms with E-state index in [1.54, 1.807) is 30.1 Å². The number of aryl methyl sites for hydroxylation is 1. The molecule has 0 saturated carbocycles. The summed E-state index contributed by atoms with van der Waals surface area (Å²) >= 11 is 0. The van der Waals surface area contributed by atoms with Crippen LogP contribution in [0.3, 0.4) is 0 Å². The number of ether oxygens (including phenoxy) is 1. The van der Waals surface area contributed by atoms with Gasteiger partial charge in [0, 0.05) is 24.9 Å². The fraction of sp³-hybridized carbons (Fsp3) is 0.267. The Morgan fingerprint density at radius 3 is 2.86 bits per heavy atom. The number of carbonyl (C=O) groups is 2. The van der Waals surface area contributed by atoms with E-state index in [2.05, 4.69) is 10.4 Å². The van der Waals surface area contributed by atoms with Gasteiger partial charge in [-0.05, 0) is 17.7 Å². The number of rotatable bonds is 4. The summed E-state index contributed by atoms with van der Waals surface area (Å²) in [7, 11) is 1.79. The standard InChI is InChI=1S/C15H16N4O3/c1-19-15-12(7-17-19)11(6-14(21)18-15)9-2-4-10(5-3-9)22-8-13(16)20/h2-5,7,11H,6,8H2,1H3,(H2,16,20)(H,18,21). The van der Waals surface area contributed by atoms with Crippen molar-refractivity contribution in [3.8, 4) is 5.75 Å². The predicted molar refractivity (Wildman–Crippen MR) is 79.4 cm³/mol. The number of amides is 2. The highest BCUT2D eigenvalue weighted by Gasteiger charge is 2.29. The molecule has 1 aliphatic heterocycles. The maximum atomic E-state index is 11.9. The maximum Gasteiger partial charge on any atom is 0.255 e. The van der Waals surface area contributed by atoms with Gasteiger partial charge >= 0.3 is 0 Å². The van der Waals surface area contributed by atoms with Gasteiger partial charge in [0.15, 0.2) is 6.61 Å². The van der Waals surface area contributed by atoms with E-state index in [0.717, 1.165) is 16.9 Å². The van der Waals surface area contributed by atoms with Crippen molar-refractivity contribution in [2.45, 2.75) is 12.3 Å². The van der Waals surface area contributed by atoms with Crippen molar-refractivity contribution in [3.05, 3.63) is 41.6 Å². The number of nitrogens with two attached hydrogens (primary N) is 1. The number of primary amides is 1. The lowest BCUT2D eigenvalue weighted by atomic mass is 9.87. The molecule has 1 atom stereocenters. The number of hydrogen-bond acceptors (Lipinski definition) is 4. The number of nitrogens with zero attached hydrogens (tertiary/aromatic N) is 2. The Morgan fingerprint density at radius 1 is 1.45 bits per heavy atom. The fourth-order valence-corrected chi connectivity index (χ4v) is 2.59. The van der Waals surface area contributed by atoms with Crippen molar-refractivity contribution in [1.29, 1.82) is 0 Å². The van der Waals surface area contributed by atoms with Crippen molar-refractivity contribution in [3.63, 3.8) is 0 Å². The number of aromatic nitrogens is 2. The molecule has 0 saturated heterocycles. The van der Waals surface area contributed by atoms with E-state index >= 15 is 0 Å². The quantitative estimate of drug-likeness (QED) is 0.870. The predicted octanol–water partition coefficient (Wildman–Crippen LogP) is 0.758. The van der Waals surface area contributed by atoms with Gasteiger partial charge in [-0.15, -0.1) is 0 Å². The molecule has 114 valence electrons. The zero-order chi connectivity index (χ0) is 15.7. The molecule has 2 heterocycles. The maximum absolute atomic E-state index is 11.9. The summed E-state index contributed by atoms with van der Waals surface area (Å²) in [5, 5.41) is 7.04. The molecule has 0 bridgehead atoms. The lowest BCUT2D eigenvalue weighted by Gasteiger charge is -2.23. The zero-order valence-corrected chi connectivity index (χ0v) is 12.1. The van der Waals surface area contributed by atoms with Gasteiger partial charge in [-0.25, -0.2) is 0 Å². The Balaban J connectivity index is 1.85. The van der Waals surface area contributed by atoms with Crippen molar-refractivity contribution in [1.82, 2.24) is 9.78 Å². The van der Waals surface area contributed by atoms with Crippen molar-refractivity contribution < 1.29 is 14.3 Å². The van der Waals surface area contributed by atoms with Crippen LogP contribution in [0.1, 0.15) is 23.5 Å². The smallest absolute Gasteiger partial charge is 0.255 e. The molecule has 1 unspecified atom stereocenters. The van der Waals surface area contributed by atoms with Gasteiger partial charge in [0.05, 0.1) is 6.20 Å². The van der Waals surface area contributed by atoms with E-state index in [1.165, 1.54) is 0 Å². The molecule has 0 spiro atoms. The van der Waals surface area contributed by atoms with Gasteiger partial charge in [-0.1, -0.05) is 12.1 Å². The molecule has 1 aromatic heterocycles. The minimum atomic E-state index is -0.520. The monoisotopic (exact) mass is 300 g/mol. The average Bonchev–Trinajstić information content (AvgIpc) is 2.86. The van der Waals surface area contributed by atoms with Gasteiger partial charge in [-0.2, -0.15) is 5.10 Å². The van der Waals surface area contributed by atoms with E-state index in [4.69, 9.17) is 10.5 Å². The third-order valence-corrected chi connectivity index (χ3v) is 3.65. The summed E-state index contributed by atoms with van der Waals surface area (Å²) < 4.78 is 6.89. The van der Waals surface area contributed by atoms with Crippen molar-refractivity contribution >= 4 is 17.6 Å².